The van der Waals surface area contributed by atoms with Gasteiger partial charge in [-0.15, -0.1) is 0 Å². The van der Waals surface area contributed by atoms with Gasteiger partial charge in [0.25, 0.3) is 0 Å². The fourth-order valence-corrected chi connectivity index (χ4v) is 3.28. The first kappa shape index (κ1) is 14.4. The molecule has 0 bridgehead atoms. The van der Waals surface area contributed by atoms with Crippen LogP contribution in [-0.2, 0) is 4.79 Å². The summed E-state index contributed by atoms with van der Waals surface area (Å²) in [4.78, 5) is 20.8. The van der Waals surface area contributed by atoms with Crippen LogP contribution in [0.15, 0.2) is 39.3 Å². The van der Waals surface area contributed by atoms with Gasteiger partial charge in [-0.05, 0) is 50.1 Å². The number of fused-ring (bicyclic) bond motifs is 2. The number of benzene rings is 2. The normalized spacial score (nSPS) is 11.0. The summed E-state index contributed by atoms with van der Waals surface area (Å²) in [6.45, 7) is 1.75. The number of esters is 1. The monoisotopic (exact) mass is 408 g/mol. The van der Waals surface area contributed by atoms with E-state index in [1.54, 1.807) is 6.92 Å². The fourth-order valence-electron chi connectivity index (χ4n) is 1.97. The molecule has 0 aliphatic rings. The van der Waals surface area contributed by atoms with Crippen molar-refractivity contribution in [2.75, 3.05) is 0 Å². The van der Waals surface area contributed by atoms with Crippen molar-refractivity contribution in [1.82, 2.24) is 9.97 Å². The lowest BCUT2D eigenvalue weighted by molar-refractivity contribution is -0.133. The Morgan fingerprint density at radius 2 is 1.71 bits per heavy atom. The third-order valence-electron chi connectivity index (χ3n) is 2.99. The van der Waals surface area contributed by atoms with Crippen molar-refractivity contribution in [2.45, 2.75) is 13.3 Å². The minimum atomic E-state index is -0.311. The molecule has 106 valence electrons. The summed E-state index contributed by atoms with van der Waals surface area (Å²) in [6, 6.07) is 9.39. The van der Waals surface area contributed by atoms with E-state index < -0.39 is 0 Å². The number of hydrogen-bond acceptors (Lipinski definition) is 4. The van der Waals surface area contributed by atoms with Gasteiger partial charge < -0.3 is 4.74 Å². The van der Waals surface area contributed by atoms with Crippen LogP contribution < -0.4 is 4.74 Å². The number of para-hydroxylation sites is 2. The van der Waals surface area contributed by atoms with Gasteiger partial charge in [0.1, 0.15) is 11.0 Å². The maximum atomic E-state index is 11.6. The predicted octanol–water partition coefficient (Wildman–Crippen LogP) is 4.62. The maximum Gasteiger partial charge on any atom is 0.311 e. The van der Waals surface area contributed by atoms with Crippen molar-refractivity contribution >= 4 is 59.9 Å². The minimum Gasteiger partial charge on any atom is -0.423 e. The summed E-state index contributed by atoms with van der Waals surface area (Å²) in [5.41, 5.74) is 2.76. The Morgan fingerprint density at radius 1 is 1.10 bits per heavy atom. The van der Waals surface area contributed by atoms with Gasteiger partial charge in [-0.1, -0.05) is 19.1 Å². The molecule has 1 aromatic heterocycles. The molecule has 2 aromatic carbocycles. The molecular weight excluding hydrogens is 400 g/mol. The lowest BCUT2D eigenvalue weighted by Crippen LogP contribution is -2.07. The summed E-state index contributed by atoms with van der Waals surface area (Å²) < 4.78 is 6.85. The highest BCUT2D eigenvalue weighted by Crippen LogP contribution is 2.37. The second kappa shape index (κ2) is 5.69. The molecule has 0 aliphatic heterocycles. The molecule has 0 atom stereocenters. The number of carbonyl (C=O) groups is 1. The molecular formula is C15H10Br2N2O2. The van der Waals surface area contributed by atoms with Crippen LogP contribution in [0.3, 0.4) is 0 Å². The van der Waals surface area contributed by atoms with E-state index >= 15 is 0 Å². The first-order valence-corrected chi connectivity index (χ1v) is 7.94. The van der Waals surface area contributed by atoms with E-state index in [0.29, 0.717) is 27.7 Å². The Balaban J connectivity index is 2.35. The zero-order chi connectivity index (χ0) is 15.0. The maximum absolute atomic E-state index is 11.6. The molecule has 0 radical (unpaired) electrons. The second-order valence-corrected chi connectivity index (χ2v) is 6.12. The van der Waals surface area contributed by atoms with Crippen molar-refractivity contribution < 1.29 is 9.53 Å². The van der Waals surface area contributed by atoms with Crippen LogP contribution in [-0.4, -0.2) is 15.9 Å². The van der Waals surface area contributed by atoms with Crippen LogP contribution >= 0.6 is 31.9 Å². The van der Waals surface area contributed by atoms with E-state index in [4.69, 9.17) is 4.74 Å². The number of nitrogens with zero attached hydrogens (tertiary/aromatic N) is 2. The first-order valence-electron chi connectivity index (χ1n) is 6.35. The Morgan fingerprint density at radius 3 is 2.33 bits per heavy atom. The van der Waals surface area contributed by atoms with E-state index in [2.05, 4.69) is 41.8 Å². The van der Waals surface area contributed by atoms with Gasteiger partial charge in [0.2, 0.25) is 0 Å². The summed E-state index contributed by atoms with van der Waals surface area (Å²) in [5, 5.41) is 0. The minimum absolute atomic E-state index is 0.297. The van der Waals surface area contributed by atoms with Crippen molar-refractivity contribution in [3.05, 3.63) is 39.3 Å². The van der Waals surface area contributed by atoms with Gasteiger partial charge in [-0.25, -0.2) is 9.97 Å². The highest BCUT2D eigenvalue weighted by atomic mass is 79.9. The molecule has 0 fully saturated rings. The highest BCUT2D eigenvalue weighted by molar-refractivity contribution is 9.11. The van der Waals surface area contributed by atoms with Gasteiger partial charge in [-0.2, -0.15) is 0 Å². The second-order valence-electron chi connectivity index (χ2n) is 4.41. The van der Waals surface area contributed by atoms with Crippen LogP contribution in [0, 0.1) is 0 Å². The Hall–Kier alpha value is -1.53. The number of aromatic nitrogens is 2. The molecule has 6 heteroatoms. The lowest BCUT2D eigenvalue weighted by atomic mass is 10.2. The molecule has 4 nitrogen and oxygen atoms in total. The Bertz CT molecular complexity index is 865. The van der Waals surface area contributed by atoms with Crippen LogP contribution in [0.1, 0.15) is 13.3 Å². The largest absolute Gasteiger partial charge is 0.423 e. The van der Waals surface area contributed by atoms with Crippen LogP contribution in [0.2, 0.25) is 0 Å². The highest BCUT2D eigenvalue weighted by Gasteiger charge is 2.17. The third kappa shape index (κ3) is 2.65. The van der Waals surface area contributed by atoms with Crippen molar-refractivity contribution in [3.63, 3.8) is 0 Å². The van der Waals surface area contributed by atoms with E-state index in [1.807, 2.05) is 30.3 Å². The fraction of sp³-hybridized carbons (Fsp3) is 0.133. The number of halogens is 2. The van der Waals surface area contributed by atoms with Crippen LogP contribution in [0.25, 0.3) is 22.1 Å². The third-order valence-corrected chi connectivity index (χ3v) is 4.18. The van der Waals surface area contributed by atoms with Crippen molar-refractivity contribution in [2.24, 2.45) is 0 Å². The molecule has 0 spiro atoms. The molecule has 0 unspecified atom stereocenters. The van der Waals surface area contributed by atoms with Gasteiger partial charge in [-0.3, -0.25) is 4.79 Å². The summed E-state index contributed by atoms with van der Waals surface area (Å²) in [7, 11) is 0. The quantitative estimate of drug-likeness (QED) is 0.352. The molecule has 0 aliphatic carbocycles. The van der Waals surface area contributed by atoms with Gasteiger partial charge in [0.15, 0.2) is 5.75 Å². The zero-order valence-electron chi connectivity index (χ0n) is 11.1. The molecule has 3 rings (SSSR count). The SMILES string of the molecule is CCC(=O)Oc1c(Br)cc(Br)c2nc3ccccc3nc12. The summed E-state index contributed by atoms with van der Waals surface area (Å²) in [5.74, 6) is 0.0904. The average Bonchev–Trinajstić information content (AvgIpc) is 2.49. The molecule has 1 heterocycles. The van der Waals surface area contributed by atoms with Gasteiger partial charge in [0, 0.05) is 10.9 Å². The Labute approximate surface area is 137 Å². The lowest BCUT2D eigenvalue weighted by Gasteiger charge is -2.10. The number of ether oxygens (including phenoxy) is 1. The van der Waals surface area contributed by atoms with Crippen LogP contribution in [0.5, 0.6) is 5.75 Å². The number of rotatable bonds is 2. The molecule has 0 amide bonds. The molecule has 0 saturated heterocycles. The summed E-state index contributed by atoms with van der Waals surface area (Å²) >= 11 is 6.89. The standard InChI is InChI=1S/C15H10Br2N2O2/c1-2-12(20)21-15-9(17)7-8(16)13-14(15)19-11-6-4-3-5-10(11)18-13/h3-7H,2H2,1H3. The van der Waals surface area contributed by atoms with E-state index in [1.165, 1.54) is 0 Å². The predicted molar refractivity (Wildman–Crippen MR) is 88.4 cm³/mol. The van der Waals surface area contributed by atoms with Crippen molar-refractivity contribution in [3.8, 4) is 5.75 Å². The van der Waals surface area contributed by atoms with Gasteiger partial charge in [0.05, 0.1) is 15.5 Å². The average molecular weight is 410 g/mol. The van der Waals surface area contributed by atoms with E-state index in [9.17, 15) is 4.79 Å². The van der Waals surface area contributed by atoms with Crippen molar-refractivity contribution in [1.29, 1.82) is 0 Å². The smallest absolute Gasteiger partial charge is 0.311 e. The zero-order valence-corrected chi connectivity index (χ0v) is 14.2. The van der Waals surface area contributed by atoms with Crippen LogP contribution in [0.4, 0.5) is 0 Å². The van der Waals surface area contributed by atoms with E-state index in [-0.39, 0.29) is 5.97 Å². The number of hydrogen-bond donors (Lipinski definition) is 0. The van der Waals surface area contributed by atoms with Gasteiger partial charge >= 0.3 is 5.97 Å². The Kier molecular flexibility index (Phi) is 3.91. The molecule has 0 N–H and O–H groups in total. The van der Waals surface area contributed by atoms with E-state index in [0.717, 1.165) is 15.5 Å². The first-order chi connectivity index (χ1) is 10.1. The molecule has 3 aromatic rings. The number of carbonyl (C=O) groups excluding carboxylic acids is 1. The topological polar surface area (TPSA) is 52.1 Å². The molecule has 21 heavy (non-hydrogen) atoms. The summed E-state index contributed by atoms with van der Waals surface area (Å²) in [6.07, 6.45) is 0.297. The molecule has 0 saturated carbocycles.